The molecule has 0 aromatic carbocycles. The van der Waals surface area contributed by atoms with Crippen molar-refractivity contribution in [3.05, 3.63) is 11.4 Å². The summed E-state index contributed by atoms with van der Waals surface area (Å²) in [5.74, 6) is 2.92. The average molecular weight is 296 g/mol. The molecule has 0 unspecified atom stereocenters. The molecule has 0 spiro atoms. The third-order valence-electron chi connectivity index (χ3n) is 2.99. The molecule has 1 rings (SSSR count). The molecule has 0 atom stereocenters. The van der Waals surface area contributed by atoms with Crippen molar-refractivity contribution in [3.8, 4) is 0 Å². The number of rotatable bonds is 10. The number of aromatic nitrogens is 2. The molecule has 6 heteroatoms. The number of nitrogens with one attached hydrogen (secondary N) is 2. The topological polar surface area (TPSA) is 68.3 Å². The van der Waals surface area contributed by atoms with Crippen LogP contribution in [0.15, 0.2) is 0 Å². The highest BCUT2D eigenvalue weighted by Crippen LogP contribution is 2.22. The van der Waals surface area contributed by atoms with Crippen LogP contribution in [0.2, 0.25) is 0 Å². The second kappa shape index (κ2) is 9.52. The van der Waals surface area contributed by atoms with Gasteiger partial charge >= 0.3 is 0 Å². The van der Waals surface area contributed by atoms with Gasteiger partial charge in [0.1, 0.15) is 17.5 Å². The molecule has 0 saturated carbocycles. The van der Waals surface area contributed by atoms with E-state index in [1.807, 2.05) is 6.92 Å². The molecule has 0 radical (unpaired) electrons. The molecule has 1 aromatic rings. The van der Waals surface area contributed by atoms with Crippen LogP contribution in [-0.2, 0) is 9.47 Å². The minimum Gasteiger partial charge on any atom is -0.382 e. The van der Waals surface area contributed by atoms with E-state index >= 15 is 0 Å². The second-order valence-electron chi connectivity index (χ2n) is 5.12. The van der Waals surface area contributed by atoms with Gasteiger partial charge in [-0.2, -0.15) is 0 Å². The van der Waals surface area contributed by atoms with E-state index in [0.717, 1.165) is 29.6 Å². The highest BCUT2D eigenvalue weighted by atomic mass is 16.5. The molecule has 1 aromatic heterocycles. The predicted molar refractivity (Wildman–Crippen MR) is 86.2 cm³/mol. The molecular weight excluding hydrogens is 268 g/mol. The van der Waals surface area contributed by atoms with Crippen molar-refractivity contribution >= 4 is 11.6 Å². The maximum absolute atomic E-state index is 5.44. The number of methoxy groups -OCH3 is 1. The van der Waals surface area contributed by atoms with Gasteiger partial charge in [0.25, 0.3) is 0 Å². The number of ether oxygens (including phenoxy) is 2. The lowest BCUT2D eigenvalue weighted by molar-refractivity contribution is 0.0759. The second-order valence-corrected chi connectivity index (χ2v) is 5.12. The van der Waals surface area contributed by atoms with Crippen molar-refractivity contribution < 1.29 is 9.47 Å². The van der Waals surface area contributed by atoms with E-state index in [9.17, 15) is 0 Å². The largest absolute Gasteiger partial charge is 0.382 e. The minimum absolute atomic E-state index is 0.293. The molecule has 120 valence electrons. The average Bonchev–Trinajstić information content (AvgIpc) is 2.46. The first-order valence-corrected chi connectivity index (χ1v) is 7.53. The van der Waals surface area contributed by atoms with Gasteiger partial charge in [-0.25, -0.2) is 9.97 Å². The lowest BCUT2D eigenvalue weighted by Gasteiger charge is -2.16. The molecule has 6 nitrogen and oxygen atoms in total. The van der Waals surface area contributed by atoms with E-state index < -0.39 is 0 Å². The smallest absolute Gasteiger partial charge is 0.135 e. The Morgan fingerprint density at radius 2 is 1.71 bits per heavy atom. The molecule has 0 amide bonds. The van der Waals surface area contributed by atoms with Crippen LogP contribution in [0.5, 0.6) is 0 Å². The van der Waals surface area contributed by atoms with Crippen molar-refractivity contribution in [1.29, 1.82) is 0 Å². The van der Waals surface area contributed by atoms with Crippen LogP contribution in [0, 0.1) is 6.92 Å². The lowest BCUT2D eigenvalue weighted by atomic mass is 10.2. The lowest BCUT2D eigenvalue weighted by Crippen LogP contribution is -2.16. The van der Waals surface area contributed by atoms with E-state index in [2.05, 4.69) is 41.4 Å². The van der Waals surface area contributed by atoms with E-state index in [0.29, 0.717) is 32.3 Å². The summed E-state index contributed by atoms with van der Waals surface area (Å²) in [6, 6.07) is 0. The van der Waals surface area contributed by atoms with Crippen LogP contribution in [0.1, 0.15) is 38.1 Å². The van der Waals surface area contributed by atoms with E-state index in [-0.39, 0.29) is 0 Å². The third-order valence-corrected chi connectivity index (χ3v) is 2.99. The summed E-state index contributed by atoms with van der Waals surface area (Å²) in [5.41, 5.74) is 1.04. The molecule has 0 aliphatic rings. The predicted octanol–water partition coefficient (Wildman–Crippen LogP) is 2.42. The van der Waals surface area contributed by atoms with Gasteiger partial charge in [-0.15, -0.1) is 0 Å². The summed E-state index contributed by atoms with van der Waals surface area (Å²) >= 11 is 0. The highest BCUT2D eigenvalue weighted by Gasteiger charge is 2.12. The summed E-state index contributed by atoms with van der Waals surface area (Å²) in [5, 5.41) is 6.62. The zero-order chi connectivity index (χ0) is 15.7. The Kier molecular flexibility index (Phi) is 8.00. The van der Waals surface area contributed by atoms with Crippen molar-refractivity contribution in [1.82, 2.24) is 9.97 Å². The number of hydrogen-bond donors (Lipinski definition) is 2. The van der Waals surface area contributed by atoms with Gasteiger partial charge in [-0.05, 0) is 13.8 Å². The summed E-state index contributed by atoms with van der Waals surface area (Å²) in [6.07, 6.45) is 0. The van der Waals surface area contributed by atoms with Crippen LogP contribution in [-0.4, -0.2) is 50.0 Å². The van der Waals surface area contributed by atoms with Crippen molar-refractivity contribution in [3.63, 3.8) is 0 Å². The first-order valence-electron chi connectivity index (χ1n) is 7.53. The Labute approximate surface area is 127 Å². The SMILES string of the molecule is CCNc1nc(C(C)C)nc(NCCOCCOC)c1C. The zero-order valence-corrected chi connectivity index (χ0v) is 13.8. The molecule has 21 heavy (non-hydrogen) atoms. The first kappa shape index (κ1) is 17.7. The number of nitrogens with zero attached hydrogens (tertiary/aromatic N) is 2. The van der Waals surface area contributed by atoms with Gasteiger partial charge in [-0.3, -0.25) is 0 Å². The van der Waals surface area contributed by atoms with E-state index in [1.165, 1.54) is 0 Å². The summed E-state index contributed by atoms with van der Waals surface area (Å²) in [6.45, 7) is 11.7. The molecule has 2 N–H and O–H groups in total. The Bertz CT molecular complexity index is 424. The standard InChI is InChI=1S/C15H28N4O2/c1-6-16-14-12(4)15(19-13(18-14)11(2)3)17-7-8-21-10-9-20-5/h11H,6-10H2,1-5H3,(H2,16,17,18,19). The molecule has 0 aliphatic carbocycles. The van der Waals surface area contributed by atoms with Gasteiger partial charge in [-0.1, -0.05) is 13.8 Å². The number of hydrogen-bond acceptors (Lipinski definition) is 6. The Morgan fingerprint density at radius 3 is 2.29 bits per heavy atom. The summed E-state index contributed by atoms with van der Waals surface area (Å²) in [7, 11) is 1.67. The quantitative estimate of drug-likeness (QED) is 0.646. The van der Waals surface area contributed by atoms with Crippen molar-refractivity contribution in [2.75, 3.05) is 50.7 Å². The summed E-state index contributed by atoms with van der Waals surface area (Å²) < 4.78 is 10.4. The van der Waals surface area contributed by atoms with Gasteiger partial charge in [0, 0.05) is 31.7 Å². The van der Waals surface area contributed by atoms with Gasteiger partial charge in [0.2, 0.25) is 0 Å². The van der Waals surface area contributed by atoms with Crippen LogP contribution < -0.4 is 10.6 Å². The highest BCUT2D eigenvalue weighted by molar-refractivity contribution is 5.57. The fraction of sp³-hybridized carbons (Fsp3) is 0.733. The van der Waals surface area contributed by atoms with E-state index in [1.54, 1.807) is 7.11 Å². The van der Waals surface area contributed by atoms with Gasteiger partial charge in [0.05, 0.1) is 19.8 Å². The van der Waals surface area contributed by atoms with Crippen LogP contribution in [0.25, 0.3) is 0 Å². The normalized spacial score (nSPS) is 11.0. The van der Waals surface area contributed by atoms with E-state index in [4.69, 9.17) is 9.47 Å². The zero-order valence-electron chi connectivity index (χ0n) is 13.8. The third kappa shape index (κ3) is 5.85. The molecule has 0 fully saturated rings. The van der Waals surface area contributed by atoms with Gasteiger partial charge in [0.15, 0.2) is 0 Å². The Hall–Kier alpha value is -1.40. The molecular formula is C15H28N4O2. The fourth-order valence-electron chi connectivity index (χ4n) is 1.79. The molecule has 0 saturated heterocycles. The molecule has 0 aliphatic heterocycles. The van der Waals surface area contributed by atoms with Crippen molar-refractivity contribution in [2.24, 2.45) is 0 Å². The summed E-state index contributed by atoms with van der Waals surface area (Å²) in [4.78, 5) is 9.19. The number of anilines is 2. The van der Waals surface area contributed by atoms with Crippen LogP contribution >= 0.6 is 0 Å². The van der Waals surface area contributed by atoms with Crippen molar-refractivity contribution in [2.45, 2.75) is 33.6 Å². The fourth-order valence-corrected chi connectivity index (χ4v) is 1.79. The maximum atomic E-state index is 5.44. The first-order chi connectivity index (χ1) is 10.1. The van der Waals surface area contributed by atoms with Crippen LogP contribution in [0.3, 0.4) is 0 Å². The monoisotopic (exact) mass is 296 g/mol. The maximum Gasteiger partial charge on any atom is 0.135 e. The minimum atomic E-state index is 0.293. The Balaban J connectivity index is 2.66. The van der Waals surface area contributed by atoms with Gasteiger partial charge < -0.3 is 20.1 Å². The Morgan fingerprint density at radius 1 is 1.05 bits per heavy atom. The molecule has 1 heterocycles. The van der Waals surface area contributed by atoms with Crippen LogP contribution in [0.4, 0.5) is 11.6 Å². The molecule has 0 bridgehead atoms.